The van der Waals surface area contributed by atoms with Gasteiger partial charge in [0.05, 0.1) is 4.88 Å². The first-order valence-corrected chi connectivity index (χ1v) is 7.40. The first-order chi connectivity index (χ1) is 8.06. The van der Waals surface area contributed by atoms with Crippen LogP contribution in [0.2, 0.25) is 0 Å². The van der Waals surface area contributed by atoms with E-state index in [-0.39, 0.29) is 5.91 Å². The highest BCUT2D eigenvalue weighted by Crippen LogP contribution is 2.15. The van der Waals surface area contributed by atoms with Crippen molar-refractivity contribution in [2.45, 2.75) is 19.4 Å². The molecule has 0 aliphatic rings. The van der Waals surface area contributed by atoms with Gasteiger partial charge in [-0.25, -0.2) is 4.79 Å². The Labute approximate surface area is 108 Å². The van der Waals surface area contributed by atoms with Crippen molar-refractivity contribution < 1.29 is 14.7 Å². The molecule has 94 valence electrons. The summed E-state index contributed by atoms with van der Waals surface area (Å²) >= 11 is 2.89. The van der Waals surface area contributed by atoms with Gasteiger partial charge in [0, 0.05) is 0 Å². The molecule has 1 heterocycles. The fourth-order valence-electron chi connectivity index (χ4n) is 1.32. The Morgan fingerprint density at radius 1 is 1.59 bits per heavy atom. The van der Waals surface area contributed by atoms with Crippen LogP contribution in [0.4, 0.5) is 0 Å². The molecule has 2 N–H and O–H groups in total. The second kappa shape index (κ2) is 6.66. The summed E-state index contributed by atoms with van der Waals surface area (Å²) in [5.41, 5.74) is 0.876. The summed E-state index contributed by atoms with van der Waals surface area (Å²) in [7, 11) is 0. The zero-order chi connectivity index (χ0) is 12.8. The Bertz CT molecular complexity index is 403. The topological polar surface area (TPSA) is 66.4 Å². The van der Waals surface area contributed by atoms with Crippen LogP contribution < -0.4 is 5.32 Å². The third kappa shape index (κ3) is 4.05. The molecule has 0 aliphatic carbocycles. The molecule has 0 saturated heterocycles. The number of carbonyl (C=O) groups is 2. The molecule has 17 heavy (non-hydrogen) atoms. The Kier molecular flexibility index (Phi) is 5.50. The first kappa shape index (κ1) is 14.1. The van der Waals surface area contributed by atoms with Crippen molar-refractivity contribution in [2.75, 3.05) is 12.0 Å². The first-order valence-electron chi connectivity index (χ1n) is 5.13. The number of thioether (sulfide) groups is 1. The van der Waals surface area contributed by atoms with E-state index < -0.39 is 12.0 Å². The molecule has 0 bridgehead atoms. The number of aliphatic carboxylic acids is 1. The van der Waals surface area contributed by atoms with Crippen LogP contribution in [0.1, 0.15) is 21.7 Å². The third-order valence-electron chi connectivity index (χ3n) is 2.28. The summed E-state index contributed by atoms with van der Waals surface area (Å²) in [5, 5.41) is 13.4. The molecule has 0 spiro atoms. The predicted octanol–water partition coefficient (Wildman–Crippen LogP) is 1.99. The second-order valence-corrected chi connectivity index (χ2v) is 5.48. The fraction of sp³-hybridized carbons (Fsp3) is 0.455. The molecule has 1 amide bonds. The molecule has 4 nitrogen and oxygen atoms in total. The lowest BCUT2D eigenvalue weighted by atomic mass is 10.2. The highest BCUT2D eigenvalue weighted by atomic mass is 32.2. The second-order valence-electron chi connectivity index (χ2n) is 3.58. The van der Waals surface area contributed by atoms with Crippen molar-refractivity contribution in [2.24, 2.45) is 0 Å². The molecule has 0 saturated carbocycles. The van der Waals surface area contributed by atoms with E-state index in [4.69, 9.17) is 5.11 Å². The van der Waals surface area contributed by atoms with E-state index in [0.717, 1.165) is 5.56 Å². The maximum atomic E-state index is 11.8. The molecular formula is C11H15NO3S2. The highest BCUT2D eigenvalue weighted by molar-refractivity contribution is 7.98. The SMILES string of the molecule is CSCC[C@H](NC(=O)c1sccc1C)C(=O)O. The molecule has 0 aromatic carbocycles. The lowest BCUT2D eigenvalue weighted by Gasteiger charge is -2.13. The maximum absolute atomic E-state index is 11.8. The molecule has 0 aliphatic heterocycles. The summed E-state index contributed by atoms with van der Waals surface area (Å²) in [4.78, 5) is 23.4. The highest BCUT2D eigenvalue weighted by Gasteiger charge is 2.21. The van der Waals surface area contributed by atoms with Gasteiger partial charge in [-0.05, 0) is 42.4 Å². The number of carbonyl (C=O) groups excluding carboxylic acids is 1. The number of hydrogen-bond acceptors (Lipinski definition) is 4. The fourth-order valence-corrected chi connectivity index (χ4v) is 2.62. The largest absolute Gasteiger partial charge is 0.480 e. The van der Waals surface area contributed by atoms with Gasteiger partial charge in [0.2, 0.25) is 0 Å². The van der Waals surface area contributed by atoms with Gasteiger partial charge >= 0.3 is 5.97 Å². The number of thiophene rings is 1. The van der Waals surface area contributed by atoms with Crippen molar-refractivity contribution in [3.63, 3.8) is 0 Å². The van der Waals surface area contributed by atoms with E-state index in [1.54, 1.807) is 11.8 Å². The number of nitrogens with one attached hydrogen (secondary N) is 1. The van der Waals surface area contributed by atoms with E-state index in [1.165, 1.54) is 11.3 Å². The normalized spacial score (nSPS) is 12.1. The van der Waals surface area contributed by atoms with Crippen molar-refractivity contribution in [3.8, 4) is 0 Å². The summed E-state index contributed by atoms with van der Waals surface area (Å²) in [6.45, 7) is 1.84. The van der Waals surface area contributed by atoms with Crippen LogP contribution >= 0.6 is 23.1 Å². The van der Waals surface area contributed by atoms with Crippen molar-refractivity contribution >= 4 is 35.0 Å². The minimum absolute atomic E-state index is 0.300. The smallest absolute Gasteiger partial charge is 0.326 e. The zero-order valence-corrected chi connectivity index (χ0v) is 11.4. The average Bonchev–Trinajstić information content (AvgIpc) is 2.70. The van der Waals surface area contributed by atoms with Crippen LogP contribution in [-0.2, 0) is 4.79 Å². The molecule has 1 rings (SSSR count). The minimum Gasteiger partial charge on any atom is -0.480 e. The van der Waals surface area contributed by atoms with Crippen LogP contribution in [0.3, 0.4) is 0 Å². The van der Waals surface area contributed by atoms with E-state index in [0.29, 0.717) is 17.1 Å². The van der Waals surface area contributed by atoms with Gasteiger partial charge in [-0.1, -0.05) is 0 Å². The van der Waals surface area contributed by atoms with E-state index in [2.05, 4.69) is 5.32 Å². The van der Waals surface area contributed by atoms with Crippen LogP contribution in [0.5, 0.6) is 0 Å². The van der Waals surface area contributed by atoms with Gasteiger partial charge in [-0.15, -0.1) is 11.3 Å². The zero-order valence-electron chi connectivity index (χ0n) is 9.73. The Hall–Kier alpha value is -1.01. The van der Waals surface area contributed by atoms with E-state index in [9.17, 15) is 9.59 Å². The molecular weight excluding hydrogens is 258 g/mol. The predicted molar refractivity (Wildman–Crippen MR) is 70.9 cm³/mol. The number of rotatable bonds is 6. The Morgan fingerprint density at radius 2 is 2.29 bits per heavy atom. The number of carboxylic acid groups (broad SMARTS) is 1. The van der Waals surface area contributed by atoms with Crippen molar-refractivity contribution in [1.29, 1.82) is 0 Å². The Morgan fingerprint density at radius 3 is 2.76 bits per heavy atom. The van der Waals surface area contributed by atoms with Gasteiger partial charge in [0.1, 0.15) is 6.04 Å². The van der Waals surface area contributed by atoms with Crippen LogP contribution in [0, 0.1) is 6.92 Å². The maximum Gasteiger partial charge on any atom is 0.326 e. The van der Waals surface area contributed by atoms with Crippen LogP contribution in [0.25, 0.3) is 0 Å². The van der Waals surface area contributed by atoms with Crippen molar-refractivity contribution in [1.82, 2.24) is 5.32 Å². The van der Waals surface area contributed by atoms with E-state index in [1.807, 2.05) is 24.6 Å². The van der Waals surface area contributed by atoms with Gasteiger partial charge in [-0.3, -0.25) is 4.79 Å². The van der Waals surface area contributed by atoms with Gasteiger partial charge in [-0.2, -0.15) is 11.8 Å². The number of amides is 1. The minimum atomic E-state index is -0.985. The lowest BCUT2D eigenvalue weighted by Crippen LogP contribution is -2.41. The number of aryl methyl sites for hydroxylation is 1. The number of carboxylic acids is 1. The molecule has 0 fully saturated rings. The standard InChI is InChI=1S/C11H15NO3S2/c1-7-3-6-17-9(7)10(13)12-8(11(14)15)4-5-16-2/h3,6,8H,4-5H2,1-2H3,(H,12,13)(H,14,15)/t8-/m0/s1. The molecule has 0 unspecified atom stereocenters. The summed E-state index contributed by atoms with van der Waals surface area (Å²) in [6, 6.07) is 1.04. The summed E-state index contributed by atoms with van der Waals surface area (Å²) in [6.07, 6.45) is 2.34. The number of hydrogen-bond donors (Lipinski definition) is 2. The molecule has 1 atom stereocenters. The van der Waals surface area contributed by atoms with Crippen LogP contribution in [0.15, 0.2) is 11.4 Å². The monoisotopic (exact) mass is 273 g/mol. The van der Waals surface area contributed by atoms with Gasteiger partial charge < -0.3 is 10.4 Å². The molecule has 6 heteroatoms. The summed E-state index contributed by atoms with van der Waals surface area (Å²) < 4.78 is 0. The molecule has 1 aromatic heterocycles. The van der Waals surface area contributed by atoms with Gasteiger partial charge in [0.15, 0.2) is 0 Å². The van der Waals surface area contributed by atoms with Gasteiger partial charge in [0.25, 0.3) is 5.91 Å². The lowest BCUT2D eigenvalue weighted by molar-refractivity contribution is -0.139. The molecule has 1 aromatic rings. The van der Waals surface area contributed by atoms with Crippen LogP contribution in [-0.4, -0.2) is 35.0 Å². The van der Waals surface area contributed by atoms with Crippen molar-refractivity contribution in [3.05, 3.63) is 21.9 Å². The third-order valence-corrected chi connectivity index (χ3v) is 3.94. The summed E-state index contributed by atoms with van der Waals surface area (Å²) in [5.74, 6) is -0.576. The molecule has 0 radical (unpaired) electrons. The average molecular weight is 273 g/mol. The quantitative estimate of drug-likeness (QED) is 0.832. The Balaban J connectivity index is 2.64. The van der Waals surface area contributed by atoms with E-state index >= 15 is 0 Å².